The minimum absolute atomic E-state index is 0.581. The number of hydrogen-bond acceptors (Lipinski definition) is 6. The molecule has 12 heteroatoms. The monoisotopic (exact) mass is 328 g/mol. The number of nitrogens with zero attached hydrogens (tertiary/aromatic N) is 1. The molecule has 0 aliphatic rings. The third-order valence-electron chi connectivity index (χ3n) is 1.89. The zero-order valence-corrected chi connectivity index (χ0v) is 10.9. The van der Waals surface area contributed by atoms with Gasteiger partial charge in [0.1, 0.15) is 0 Å². The highest BCUT2D eigenvalue weighted by Crippen LogP contribution is 2.33. The molecule has 0 saturated heterocycles. The van der Waals surface area contributed by atoms with Gasteiger partial charge < -0.3 is 14.6 Å². The van der Waals surface area contributed by atoms with Gasteiger partial charge in [0.05, 0.1) is 5.69 Å². The zero-order chi connectivity index (χ0) is 16.4. The quantitative estimate of drug-likeness (QED) is 0.623. The van der Waals surface area contributed by atoms with Crippen molar-refractivity contribution in [2.45, 2.75) is 12.4 Å². The van der Waals surface area contributed by atoms with E-state index in [1.165, 1.54) is 0 Å². The van der Waals surface area contributed by atoms with Crippen LogP contribution in [0.2, 0.25) is 0 Å². The van der Waals surface area contributed by atoms with Crippen LogP contribution in [0.15, 0.2) is 12.3 Å². The fraction of sp³-hybridized carbons (Fsp3) is 0.222. The van der Waals surface area contributed by atoms with E-state index in [0.29, 0.717) is 0 Å². The molecule has 2 N–H and O–H groups in total. The number of anilines is 1. The molecule has 0 radical (unpaired) electrons. The molecule has 1 aromatic rings. The van der Waals surface area contributed by atoms with Crippen LogP contribution in [-0.4, -0.2) is 35.9 Å². The van der Waals surface area contributed by atoms with E-state index in [1.54, 1.807) is 0 Å². The number of pyridine rings is 1. The Morgan fingerprint density at radius 1 is 1.38 bits per heavy atom. The van der Waals surface area contributed by atoms with E-state index in [4.69, 9.17) is 5.11 Å². The topological polar surface area (TPSA) is 123 Å². The molecular weight excluding hydrogens is 321 g/mol. The van der Waals surface area contributed by atoms with Gasteiger partial charge >= 0.3 is 21.6 Å². The molecule has 0 aliphatic heterocycles. The molecule has 1 amide bonds. The summed E-state index contributed by atoms with van der Waals surface area (Å²) in [4.78, 5) is 25.0. The van der Waals surface area contributed by atoms with Gasteiger partial charge in [-0.3, -0.25) is 4.79 Å². The van der Waals surface area contributed by atoms with Crippen LogP contribution in [-0.2, 0) is 14.9 Å². The first-order valence-electron chi connectivity index (χ1n) is 4.96. The van der Waals surface area contributed by atoms with E-state index >= 15 is 0 Å². The van der Waals surface area contributed by atoms with Crippen LogP contribution in [0.1, 0.15) is 17.4 Å². The van der Waals surface area contributed by atoms with Crippen LogP contribution >= 0.6 is 0 Å². The number of amides is 1. The number of aromatic nitrogens is 1. The Morgan fingerprint density at radius 3 is 2.38 bits per heavy atom. The van der Waals surface area contributed by atoms with Gasteiger partial charge in [-0.05, 0) is 6.07 Å². The van der Waals surface area contributed by atoms with Gasteiger partial charge in [0.25, 0.3) is 0 Å². The Bertz CT molecular complexity index is 685. The minimum atomic E-state index is -6.12. The highest BCUT2D eigenvalue weighted by atomic mass is 32.2. The van der Waals surface area contributed by atoms with E-state index in [0.717, 1.165) is 19.2 Å². The Balaban J connectivity index is 3.44. The van der Waals surface area contributed by atoms with Crippen LogP contribution < -0.4 is 9.50 Å². The minimum Gasteiger partial charge on any atom is -0.476 e. The van der Waals surface area contributed by atoms with Crippen molar-refractivity contribution in [2.24, 2.45) is 0 Å². The van der Waals surface area contributed by atoms with Crippen molar-refractivity contribution in [1.82, 2.24) is 4.98 Å². The van der Waals surface area contributed by atoms with E-state index in [9.17, 15) is 31.2 Å². The molecule has 8 nitrogen and oxygen atoms in total. The number of aromatic carboxylic acids is 1. The summed E-state index contributed by atoms with van der Waals surface area (Å²) in [5.74, 6) is -3.86. The molecule has 1 heterocycles. The van der Waals surface area contributed by atoms with Gasteiger partial charge in [-0.2, -0.15) is 21.6 Å². The highest BCUT2D eigenvalue weighted by molar-refractivity contribution is 7.88. The first-order valence-corrected chi connectivity index (χ1v) is 6.37. The summed E-state index contributed by atoms with van der Waals surface area (Å²) in [6, 6.07) is 0.884. The molecule has 0 fully saturated rings. The maximum atomic E-state index is 12.3. The predicted molar refractivity (Wildman–Crippen MR) is 61.1 cm³/mol. The van der Waals surface area contributed by atoms with Gasteiger partial charge in [0.15, 0.2) is 11.4 Å². The smallest absolute Gasteiger partial charge is 0.476 e. The number of carbonyl (C=O) groups excluding carboxylic acids is 1. The second kappa shape index (κ2) is 5.55. The summed E-state index contributed by atoms with van der Waals surface area (Å²) < 4.78 is 62.5. The zero-order valence-electron chi connectivity index (χ0n) is 10.1. The lowest BCUT2D eigenvalue weighted by Gasteiger charge is -2.14. The predicted octanol–water partition coefficient (Wildman–Crippen LogP) is 0.967. The first kappa shape index (κ1) is 16.7. The number of hydrogen-bond donors (Lipinski definition) is 2. The van der Waals surface area contributed by atoms with Gasteiger partial charge in [-0.1, -0.05) is 0 Å². The molecule has 1 aromatic heterocycles. The largest absolute Gasteiger partial charge is 0.534 e. The molecule has 0 aliphatic carbocycles. The van der Waals surface area contributed by atoms with Gasteiger partial charge in [-0.25, -0.2) is 9.78 Å². The lowest BCUT2D eigenvalue weighted by molar-refractivity contribution is -0.114. The van der Waals surface area contributed by atoms with Crippen molar-refractivity contribution in [1.29, 1.82) is 0 Å². The second-order valence-electron chi connectivity index (χ2n) is 3.51. The maximum absolute atomic E-state index is 12.3. The summed E-state index contributed by atoms with van der Waals surface area (Å²) in [5, 5.41) is 10.7. The molecule has 21 heavy (non-hydrogen) atoms. The third-order valence-corrected chi connectivity index (χ3v) is 2.85. The fourth-order valence-corrected chi connectivity index (χ4v) is 1.61. The van der Waals surface area contributed by atoms with Gasteiger partial charge in [0, 0.05) is 13.1 Å². The van der Waals surface area contributed by atoms with E-state index < -0.39 is 44.6 Å². The Kier molecular flexibility index (Phi) is 4.41. The van der Waals surface area contributed by atoms with Crippen molar-refractivity contribution in [2.75, 3.05) is 5.32 Å². The molecule has 0 atom stereocenters. The maximum Gasteiger partial charge on any atom is 0.534 e. The van der Waals surface area contributed by atoms with Gasteiger partial charge in [-0.15, -0.1) is 0 Å². The van der Waals surface area contributed by atoms with Crippen molar-refractivity contribution in [3.63, 3.8) is 0 Å². The van der Waals surface area contributed by atoms with Crippen LogP contribution in [0.25, 0.3) is 0 Å². The van der Waals surface area contributed by atoms with Crippen molar-refractivity contribution >= 4 is 27.7 Å². The first-order chi connectivity index (χ1) is 9.45. The highest BCUT2D eigenvalue weighted by Gasteiger charge is 2.49. The second-order valence-corrected chi connectivity index (χ2v) is 5.04. The van der Waals surface area contributed by atoms with E-state index in [2.05, 4.69) is 9.17 Å². The summed E-state index contributed by atoms with van der Waals surface area (Å²) in [6.45, 7) is 0.975. The number of carbonyl (C=O) groups is 2. The summed E-state index contributed by atoms with van der Waals surface area (Å²) in [7, 11) is -6.12. The molecule has 0 unspecified atom stereocenters. The number of rotatable bonds is 4. The number of halogens is 3. The summed E-state index contributed by atoms with van der Waals surface area (Å²) >= 11 is 0. The van der Waals surface area contributed by atoms with Crippen LogP contribution in [0.4, 0.5) is 18.9 Å². The molecule has 0 spiro atoms. The van der Waals surface area contributed by atoms with Crippen molar-refractivity contribution in [3.8, 4) is 5.75 Å². The average molecular weight is 328 g/mol. The number of alkyl halides is 3. The molecule has 0 bridgehead atoms. The standard InChI is InChI=1S/C9H7F3N2O6S/c1-4(15)14-5-2-3-13-6(8(16)17)7(5)20-21(18,19)9(10,11)12/h2-3H,1H3,(H,16,17)(H,13,14,15). The Labute approximate surface area is 115 Å². The normalized spacial score (nSPS) is 11.8. The van der Waals surface area contributed by atoms with Gasteiger partial charge in [0.2, 0.25) is 5.91 Å². The van der Waals surface area contributed by atoms with Crippen LogP contribution in [0.3, 0.4) is 0 Å². The van der Waals surface area contributed by atoms with Crippen LogP contribution in [0, 0.1) is 0 Å². The van der Waals surface area contributed by atoms with E-state index in [-0.39, 0.29) is 0 Å². The van der Waals surface area contributed by atoms with Crippen molar-refractivity contribution < 1.29 is 40.5 Å². The molecule has 0 saturated carbocycles. The lowest BCUT2D eigenvalue weighted by Crippen LogP contribution is -2.29. The SMILES string of the molecule is CC(=O)Nc1ccnc(C(=O)O)c1OS(=O)(=O)C(F)(F)F. The number of carboxylic acids is 1. The molecule has 0 aromatic carbocycles. The summed E-state index contributed by atoms with van der Waals surface area (Å²) in [6.07, 6.45) is 0.849. The molecule has 1 rings (SSSR count). The Hall–Kier alpha value is -2.37. The third kappa shape index (κ3) is 3.81. The number of nitrogens with one attached hydrogen (secondary N) is 1. The molecular formula is C9H7F3N2O6S. The Morgan fingerprint density at radius 2 is 1.95 bits per heavy atom. The average Bonchev–Trinajstić information content (AvgIpc) is 2.28. The summed E-state index contributed by atoms with van der Waals surface area (Å²) in [5.41, 5.74) is -7.46. The van der Waals surface area contributed by atoms with Crippen LogP contribution in [0.5, 0.6) is 5.75 Å². The fourth-order valence-electron chi connectivity index (χ4n) is 1.13. The lowest BCUT2D eigenvalue weighted by atomic mass is 10.3. The molecule has 116 valence electrons. The van der Waals surface area contributed by atoms with E-state index in [1.807, 2.05) is 5.32 Å². The van der Waals surface area contributed by atoms with Crippen molar-refractivity contribution in [3.05, 3.63) is 18.0 Å². The number of carboxylic acid groups (broad SMARTS) is 1.